The summed E-state index contributed by atoms with van der Waals surface area (Å²) in [6.45, 7) is 10.3. The van der Waals surface area contributed by atoms with Gasteiger partial charge in [0.2, 0.25) is 0 Å². The van der Waals surface area contributed by atoms with E-state index >= 15 is 0 Å². The molecule has 4 fully saturated rings. The van der Waals surface area contributed by atoms with E-state index in [-0.39, 0.29) is 71.0 Å². The Labute approximate surface area is 336 Å². The molecule has 6 aliphatic rings. The summed E-state index contributed by atoms with van der Waals surface area (Å²) in [4.78, 5) is 0. The van der Waals surface area contributed by atoms with Gasteiger partial charge in [-0.25, -0.2) is 0 Å². The maximum Gasteiger partial charge on any atom is 0 e. The molecule has 0 amide bonds. The Bertz CT molecular complexity index is 1330. The number of piperidine rings is 4. The van der Waals surface area contributed by atoms with E-state index in [2.05, 4.69) is 96.9 Å². The molecule has 8 atom stereocenters. The maximum atomic E-state index is 12.5. The summed E-state index contributed by atoms with van der Waals surface area (Å²) in [6.07, 6.45) is 9.68. The number of allylic oxidation sites excluding steroid dienone is 2. The molecule has 0 bridgehead atoms. The van der Waals surface area contributed by atoms with E-state index < -0.39 is 32.0 Å². The molecule has 56 heavy (non-hydrogen) atoms. The van der Waals surface area contributed by atoms with Crippen molar-refractivity contribution in [3.8, 4) is 0 Å². The van der Waals surface area contributed by atoms with Crippen LogP contribution in [0.15, 0.2) is 59.1 Å². The molecular formula is C38H50F12IrN4P-5. The molecule has 8 unspecified atom stereocenters. The van der Waals surface area contributed by atoms with Crippen molar-refractivity contribution < 1.29 is 71.6 Å². The summed E-state index contributed by atoms with van der Waals surface area (Å²) in [7, 11) is -10.7. The Balaban J connectivity index is 0.000000270. The summed E-state index contributed by atoms with van der Waals surface area (Å²) in [6, 6.07) is 0.115. The van der Waals surface area contributed by atoms with E-state index in [4.69, 9.17) is 0 Å². The van der Waals surface area contributed by atoms with Crippen LogP contribution in [-0.2, 0) is 20.1 Å². The predicted molar refractivity (Wildman–Crippen MR) is 195 cm³/mol. The molecule has 18 heteroatoms. The fourth-order valence-electron chi connectivity index (χ4n) is 6.74. The summed E-state index contributed by atoms with van der Waals surface area (Å²) in [5.41, 5.74) is 9.20. The van der Waals surface area contributed by atoms with Gasteiger partial charge in [0.25, 0.3) is 0 Å². The minimum Gasteiger partial charge on any atom is 0 e. The Hall–Kier alpha value is -1.40. The van der Waals surface area contributed by atoms with Gasteiger partial charge in [0, 0.05) is 43.8 Å². The van der Waals surface area contributed by atoms with Crippen LogP contribution in [0.4, 0.5) is 51.5 Å². The van der Waals surface area contributed by atoms with E-state index in [9.17, 15) is 51.5 Å². The molecule has 4 saturated heterocycles. The fraction of sp³-hybridized carbons (Fsp3) is 0.684. The predicted octanol–water partition coefficient (Wildman–Crippen LogP) is 14.6. The molecule has 0 aromatic carbocycles. The van der Waals surface area contributed by atoms with E-state index in [0.29, 0.717) is 12.1 Å². The normalized spacial score (nSPS) is 32.6. The molecule has 4 nitrogen and oxygen atoms in total. The number of hydrogen-bond acceptors (Lipinski definition) is 0. The number of alkyl halides is 6. The van der Waals surface area contributed by atoms with Crippen molar-refractivity contribution in [1.29, 1.82) is 0 Å². The second-order valence-corrected chi connectivity index (χ2v) is 17.1. The van der Waals surface area contributed by atoms with Crippen LogP contribution < -0.4 is 0 Å². The van der Waals surface area contributed by atoms with Crippen molar-refractivity contribution in [3.63, 3.8) is 0 Å². The van der Waals surface area contributed by atoms with Gasteiger partial charge in [-0.05, 0) is 48.0 Å². The molecule has 0 aromatic rings. The first kappa shape index (κ1) is 50.7. The van der Waals surface area contributed by atoms with E-state index in [0.717, 1.165) is 24.9 Å². The van der Waals surface area contributed by atoms with Crippen molar-refractivity contribution in [3.05, 3.63) is 92.2 Å². The zero-order chi connectivity index (χ0) is 41.3. The molecular weight excluding hydrogens is 964 g/mol. The van der Waals surface area contributed by atoms with Crippen LogP contribution >= 0.6 is 7.81 Å². The Morgan fingerprint density at radius 1 is 0.554 bits per heavy atom. The smallest absolute Gasteiger partial charge is 0 e. The molecule has 3 radical (unpaired) electrons. The molecule has 4 aliphatic heterocycles. The third-order valence-corrected chi connectivity index (χ3v) is 10.0. The minimum absolute atomic E-state index is 0. The van der Waals surface area contributed by atoms with Gasteiger partial charge >= 0.3 is 45.3 Å². The first-order valence-corrected chi connectivity index (χ1v) is 20.5. The van der Waals surface area contributed by atoms with Crippen molar-refractivity contribution in [2.24, 2.45) is 23.7 Å². The molecule has 0 saturated carbocycles. The third-order valence-electron chi connectivity index (χ3n) is 10.0. The van der Waals surface area contributed by atoms with E-state index in [1.807, 2.05) is 0 Å². The molecule has 6 rings (SSSR count). The number of hydrogen-bond donors (Lipinski definition) is 0. The first-order valence-electron chi connectivity index (χ1n) is 18.5. The van der Waals surface area contributed by atoms with Gasteiger partial charge in [0.05, 0.1) is 0 Å². The summed E-state index contributed by atoms with van der Waals surface area (Å²) >= 11 is 0. The monoisotopic (exact) mass is 1010 g/mol. The fourth-order valence-corrected chi connectivity index (χ4v) is 6.74. The van der Waals surface area contributed by atoms with Crippen LogP contribution in [0.25, 0.3) is 21.3 Å². The van der Waals surface area contributed by atoms with Gasteiger partial charge < -0.3 is 21.3 Å². The largest absolute Gasteiger partial charge is 0 e. The van der Waals surface area contributed by atoms with Crippen LogP contribution in [0.5, 0.6) is 0 Å². The number of rotatable bonds is 3. The molecule has 0 N–H and O–H groups in total. The van der Waals surface area contributed by atoms with Gasteiger partial charge in [-0.1, -0.05) is 90.5 Å². The van der Waals surface area contributed by atoms with Crippen molar-refractivity contribution >= 4 is 7.81 Å². The number of halogens is 12. The molecule has 0 aromatic heterocycles. The minimum atomic E-state index is -10.7. The van der Waals surface area contributed by atoms with Gasteiger partial charge in [0.1, 0.15) is 0 Å². The molecule has 325 valence electrons. The zero-order valence-corrected chi connectivity index (χ0v) is 35.0. The molecule has 2 aliphatic carbocycles. The quantitative estimate of drug-likeness (QED) is 0.154. The Morgan fingerprint density at radius 3 is 1.12 bits per heavy atom. The van der Waals surface area contributed by atoms with Crippen LogP contribution in [0.2, 0.25) is 0 Å². The Kier molecular flexibility index (Phi) is 18.3. The van der Waals surface area contributed by atoms with Crippen molar-refractivity contribution in [1.82, 2.24) is 0 Å². The average molecular weight is 1010 g/mol. The number of nitrogens with zero attached hydrogens (tertiary/aromatic N) is 4. The molecule has 4 heterocycles. The van der Waals surface area contributed by atoms with Crippen LogP contribution in [0.1, 0.15) is 79.1 Å². The van der Waals surface area contributed by atoms with Gasteiger partial charge in [-0.3, -0.25) is 0 Å². The summed E-state index contributed by atoms with van der Waals surface area (Å²) in [5, 5.41) is 17.3. The van der Waals surface area contributed by atoms with E-state index in [1.54, 1.807) is 0 Å². The average Bonchev–Trinajstić information content (AvgIpc) is 3.08. The van der Waals surface area contributed by atoms with Gasteiger partial charge in [-0.2, -0.15) is 38.4 Å². The SMILES string of the molecule is C[C]1C=C=C(C2CC(C)CC[N-]2)C=C1.C[C]1C=C=C(C2CC(C)CC[N-]2)C=C1.FC(F)(F)C1CCC(C2CCC(C(F)(F)F)C[N-]2)[N-]C1.F[P-](F)(F)(F)(F)F.[Ir]. The van der Waals surface area contributed by atoms with Gasteiger partial charge in [-0.15, -0.1) is 49.7 Å². The van der Waals surface area contributed by atoms with Crippen LogP contribution in [0.3, 0.4) is 0 Å². The maximum absolute atomic E-state index is 12.5. The first-order chi connectivity index (χ1) is 25.1. The van der Waals surface area contributed by atoms with Crippen molar-refractivity contribution in [2.45, 2.75) is 116 Å². The third kappa shape index (κ3) is 20.5. The summed E-state index contributed by atoms with van der Waals surface area (Å²) in [5.74, 6) is 1.35. The van der Waals surface area contributed by atoms with Gasteiger partial charge in [0.15, 0.2) is 0 Å². The van der Waals surface area contributed by atoms with Crippen LogP contribution in [0, 0.1) is 35.5 Å². The molecule has 0 spiro atoms. The Morgan fingerprint density at radius 2 is 0.893 bits per heavy atom. The topological polar surface area (TPSA) is 56.4 Å². The second kappa shape index (κ2) is 20.2. The summed E-state index contributed by atoms with van der Waals surface area (Å²) < 4.78 is 134. The van der Waals surface area contributed by atoms with Crippen molar-refractivity contribution in [2.75, 3.05) is 26.2 Å². The van der Waals surface area contributed by atoms with Crippen LogP contribution in [-0.4, -0.2) is 62.7 Å². The standard InChI is InChI=1S/2C13H17N.C12H16F6N2.F6P.Ir/c2*1-10-3-5-12(6-4-10)13-9-11(2)7-8-14-13;13-11(14,15)7-1-3-9(19-5-7)10-4-2-8(6-20-10)12(16,17)18;1-7(2,3,4,5)6;/h2*3-5,11,13H,7-9H2,1-2H3;7-10H,1-6H2;;/q2*-1;-2;-1;. The van der Waals surface area contributed by atoms with E-state index in [1.165, 1.54) is 48.7 Å². The second-order valence-electron chi connectivity index (χ2n) is 15.2. The zero-order valence-electron chi connectivity index (χ0n) is 31.7.